The molecule has 0 amide bonds. The van der Waals surface area contributed by atoms with Crippen LogP contribution in [0.1, 0.15) is 51.9 Å². The lowest BCUT2D eigenvalue weighted by atomic mass is 9.85. The highest BCUT2D eigenvalue weighted by Crippen LogP contribution is 2.58. The highest BCUT2D eigenvalue weighted by atomic mass is 127. The summed E-state index contributed by atoms with van der Waals surface area (Å²) in [4.78, 5) is 0. The van der Waals surface area contributed by atoms with Gasteiger partial charge in [-0.05, 0) is 43.9 Å². The fraction of sp³-hybridized carbons (Fsp3) is 1.00. The zero-order valence-corrected chi connectivity index (χ0v) is 10.1. The molecule has 0 spiro atoms. The van der Waals surface area contributed by atoms with Crippen LogP contribution in [0.3, 0.4) is 0 Å². The molecule has 0 heterocycles. The summed E-state index contributed by atoms with van der Waals surface area (Å²) in [5, 5.41) is 0. The van der Waals surface area contributed by atoms with E-state index < -0.39 is 0 Å². The van der Waals surface area contributed by atoms with Gasteiger partial charge in [-0.2, -0.15) is 0 Å². The third kappa shape index (κ3) is 1.53. The standard InChI is InChI=1S/C11H19I/c1-2-3-4-10-7-9-5-6-11(10,12)8-9/h9-10H,2-8H2,1H3. The fourth-order valence-electron chi connectivity index (χ4n) is 3.14. The van der Waals surface area contributed by atoms with E-state index in [0.717, 1.165) is 15.3 Å². The molecule has 3 unspecified atom stereocenters. The normalized spacial score (nSPS) is 45.5. The number of alkyl halides is 1. The van der Waals surface area contributed by atoms with Gasteiger partial charge in [0.05, 0.1) is 0 Å². The summed E-state index contributed by atoms with van der Waals surface area (Å²) in [7, 11) is 0. The summed E-state index contributed by atoms with van der Waals surface area (Å²) in [6.45, 7) is 2.31. The molecule has 0 aliphatic heterocycles. The minimum Gasteiger partial charge on any atom is -0.0786 e. The maximum atomic E-state index is 2.77. The first kappa shape index (κ1) is 9.29. The van der Waals surface area contributed by atoms with Gasteiger partial charge in [-0.15, -0.1) is 0 Å². The molecule has 0 aromatic heterocycles. The van der Waals surface area contributed by atoms with Crippen molar-refractivity contribution >= 4 is 22.6 Å². The van der Waals surface area contributed by atoms with Gasteiger partial charge >= 0.3 is 0 Å². The van der Waals surface area contributed by atoms with E-state index in [1.165, 1.54) is 32.1 Å². The van der Waals surface area contributed by atoms with E-state index in [1.807, 2.05) is 0 Å². The average molecular weight is 278 g/mol. The number of unbranched alkanes of at least 4 members (excludes halogenated alkanes) is 1. The Morgan fingerprint density at radius 1 is 1.50 bits per heavy atom. The first-order chi connectivity index (χ1) is 5.74. The molecular formula is C11H19I. The SMILES string of the molecule is CCCCC1CC2CCC1(I)C2. The van der Waals surface area contributed by atoms with Crippen LogP contribution in [0.4, 0.5) is 0 Å². The van der Waals surface area contributed by atoms with Crippen LogP contribution in [0.5, 0.6) is 0 Å². The van der Waals surface area contributed by atoms with Gasteiger partial charge in [0, 0.05) is 3.42 Å². The van der Waals surface area contributed by atoms with Crippen LogP contribution >= 0.6 is 22.6 Å². The van der Waals surface area contributed by atoms with Crippen molar-refractivity contribution in [3.8, 4) is 0 Å². The molecule has 0 aromatic carbocycles. The zero-order valence-electron chi connectivity index (χ0n) is 7.98. The van der Waals surface area contributed by atoms with Crippen molar-refractivity contribution < 1.29 is 0 Å². The van der Waals surface area contributed by atoms with Gasteiger partial charge in [-0.25, -0.2) is 0 Å². The van der Waals surface area contributed by atoms with E-state index in [2.05, 4.69) is 29.5 Å². The second-order valence-electron chi connectivity index (χ2n) is 4.72. The van der Waals surface area contributed by atoms with Crippen LogP contribution in [-0.4, -0.2) is 3.42 Å². The van der Waals surface area contributed by atoms with E-state index in [9.17, 15) is 0 Å². The van der Waals surface area contributed by atoms with E-state index in [4.69, 9.17) is 0 Å². The van der Waals surface area contributed by atoms with E-state index >= 15 is 0 Å². The van der Waals surface area contributed by atoms with Crippen molar-refractivity contribution in [1.82, 2.24) is 0 Å². The molecule has 0 nitrogen and oxygen atoms in total. The van der Waals surface area contributed by atoms with Crippen molar-refractivity contribution in [3.63, 3.8) is 0 Å². The highest BCUT2D eigenvalue weighted by Gasteiger charge is 2.49. The summed E-state index contributed by atoms with van der Waals surface area (Å²) in [5.41, 5.74) is 0. The maximum Gasteiger partial charge on any atom is 0.0253 e. The molecule has 2 bridgehead atoms. The van der Waals surface area contributed by atoms with Crippen molar-refractivity contribution in [2.45, 2.75) is 55.3 Å². The molecule has 1 heteroatoms. The fourth-order valence-corrected chi connectivity index (χ4v) is 4.64. The quantitative estimate of drug-likeness (QED) is 0.537. The molecule has 0 N–H and O–H groups in total. The summed E-state index contributed by atoms with van der Waals surface area (Å²) in [5.74, 6) is 2.19. The van der Waals surface area contributed by atoms with Crippen molar-refractivity contribution in [3.05, 3.63) is 0 Å². The highest BCUT2D eigenvalue weighted by molar-refractivity contribution is 14.1. The lowest BCUT2D eigenvalue weighted by Crippen LogP contribution is -2.24. The Labute approximate surface area is 89.6 Å². The van der Waals surface area contributed by atoms with Gasteiger partial charge < -0.3 is 0 Å². The molecule has 0 radical (unpaired) electrons. The summed E-state index contributed by atoms with van der Waals surface area (Å²) in [6.07, 6.45) is 10.5. The predicted molar refractivity (Wildman–Crippen MR) is 61.7 cm³/mol. The van der Waals surface area contributed by atoms with Gasteiger partial charge in [0.2, 0.25) is 0 Å². The minimum atomic E-state index is 0.748. The number of hydrogen-bond donors (Lipinski definition) is 0. The predicted octanol–water partition coefficient (Wildman–Crippen LogP) is 4.17. The molecule has 2 fully saturated rings. The van der Waals surface area contributed by atoms with Crippen LogP contribution in [0.2, 0.25) is 0 Å². The molecule has 2 aliphatic rings. The monoisotopic (exact) mass is 278 g/mol. The molecule has 2 aliphatic carbocycles. The van der Waals surface area contributed by atoms with Crippen molar-refractivity contribution in [2.75, 3.05) is 0 Å². The third-order valence-electron chi connectivity index (χ3n) is 3.85. The lowest BCUT2D eigenvalue weighted by Gasteiger charge is -2.29. The largest absolute Gasteiger partial charge is 0.0786 e. The molecule has 2 saturated carbocycles. The first-order valence-electron chi connectivity index (χ1n) is 5.43. The first-order valence-corrected chi connectivity index (χ1v) is 6.51. The second kappa shape index (κ2) is 3.47. The van der Waals surface area contributed by atoms with E-state index in [1.54, 1.807) is 12.8 Å². The second-order valence-corrected chi connectivity index (χ2v) is 6.87. The molecular weight excluding hydrogens is 259 g/mol. The number of fused-ring (bicyclic) bond motifs is 2. The van der Waals surface area contributed by atoms with Gasteiger partial charge in [0.15, 0.2) is 0 Å². The van der Waals surface area contributed by atoms with Crippen molar-refractivity contribution in [2.24, 2.45) is 11.8 Å². The van der Waals surface area contributed by atoms with Gasteiger partial charge in [0.25, 0.3) is 0 Å². The van der Waals surface area contributed by atoms with Gasteiger partial charge in [-0.1, -0.05) is 42.4 Å². The molecule has 2 rings (SSSR count). The number of halogens is 1. The Kier molecular flexibility index (Phi) is 2.69. The Hall–Kier alpha value is 0.730. The molecule has 0 aromatic rings. The maximum absolute atomic E-state index is 2.77. The molecule has 12 heavy (non-hydrogen) atoms. The topological polar surface area (TPSA) is 0 Å². The summed E-state index contributed by atoms with van der Waals surface area (Å²) >= 11 is 2.77. The molecule has 70 valence electrons. The molecule has 0 saturated heterocycles. The van der Waals surface area contributed by atoms with Crippen LogP contribution in [-0.2, 0) is 0 Å². The van der Waals surface area contributed by atoms with Crippen LogP contribution in [0.25, 0.3) is 0 Å². The van der Waals surface area contributed by atoms with E-state index in [0.29, 0.717) is 0 Å². The number of hydrogen-bond acceptors (Lipinski definition) is 0. The number of rotatable bonds is 3. The summed E-state index contributed by atoms with van der Waals surface area (Å²) in [6, 6.07) is 0. The van der Waals surface area contributed by atoms with Crippen LogP contribution in [0, 0.1) is 11.8 Å². The zero-order chi connectivity index (χ0) is 8.60. The third-order valence-corrected chi connectivity index (χ3v) is 5.71. The van der Waals surface area contributed by atoms with E-state index in [-0.39, 0.29) is 0 Å². The Bertz CT molecular complexity index is 166. The lowest BCUT2D eigenvalue weighted by molar-refractivity contribution is 0.344. The Morgan fingerprint density at radius 2 is 2.33 bits per heavy atom. The summed E-state index contributed by atoms with van der Waals surface area (Å²) < 4.78 is 0.748. The van der Waals surface area contributed by atoms with Gasteiger partial charge in [-0.3, -0.25) is 0 Å². The minimum absolute atomic E-state index is 0.748. The van der Waals surface area contributed by atoms with Gasteiger partial charge in [0.1, 0.15) is 0 Å². The van der Waals surface area contributed by atoms with Crippen LogP contribution in [0.15, 0.2) is 0 Å². The van der Waals surface area contributed by atoms with Crippen LogP contribution < -0.4 is 0 Å². The van der Waals surface area contributed by atoms with Crippen molar-refractivity contribution in [1.29, 1.82) is 0 Å². The Balaban J connectivity index is 1.91. The Morgan fingerprint density at radius 3 is 2.83 bits per heavy atom. The average Bonchev–Trinajstić information content (AvgIpc) is 2.55. The molecule has 3 atom stereocenters. The smallest absolute Gasteiger partial charge is 0.0253 e.